The number of aliphatic carboxylic acids is 1. The minimum absolute atomic E-state index is 0.129. The van der Waals surface area contributed by atoms with E-state index < -0.39 is 22.5 Å². The van der Waals surface area contributed by atoms with Crippen LogP contribution in [0.2, 0.25) is 5.02 Å². The van der Waals surface area contributed by atoms with Crippen LogP contribution in [0, 0.1) is 0 Å². The van der Waals surface area contributed by atoms with E-state index in [0.717, 1.165) is 11.8 Å². The Morgan fingerprint density at radius 1 is 1.30 bits per heavy atom. The molecule has 7 heteroatoms. The molecule has 20 heavy (non-hydrogen) atoms. The monoisotopic (exact) mass is 315 g/mol. The number of nitrogens with one attached hydrogen (secondary N) is 1. The third kappa shape index (κ3) is 4.54. The topological polar surface area (TPSA) is 83.5 Å². The van der Waals surface area contributed by atoms with Gasteiger partial charge < -0.3 is 5.11 Å². The molecule has 0 saturated carbocycles. The fraction of sp³-hybridized carbons (Fsp3) is 0.308. The number of thioether (sulfide) groups is 1. The van der Waals surface area contributed by atoms with Crippen LogP contribution in [-0.2, 0) is 9.59 Å². The smallest absolute Gasteiger partial charge is 0.319 e. The van der Waals surface area contributed by atoms with Crippen LogP contribution in [0.3, 0.4) is 0 Å². The van der Waals surface area contributed by atoms with Gasteiger partial charge in [0.1, 0.15) is 4.75 Å². The molecule has 1 rings (SSSR count). The summed E-state index contributed by atoms with van der Waals surface area (Å²) in [6, 6.07) is 6.35. The lowest BCUT2D eigenvalue weighted by Gasteiger charge is -2.17. The van der Waals surface area contributed by atoms with Crippen molar-refractivity contribution in [3.8, 4) is 0 Å². The number of amides is 2. The van der Waals surface area contributed by atoms with Gasteiger partial charge in [0, 0.05) is 0 Å². The van der Waals surface area contributed by atoms with Gasteiger partial charge in [-0.15, -0.1) is 11.8 Å². The molecule has 0 aliphatic rings. The van der Waals surface area contributed by atoms with Crippen molar-refractivity contribution in [3.05, 3.63) is 34.9 Å². The number of hydrogen-bond donors (Lipinski definition) is 2. The maximum atomic E-state index is 11.8. The molecule has 5 nitrogen and oxygen atoms in total. The summed E-state index contributed by atoms with van der Waals surface area (Å²) in [5.41, 5.74) is 0.199. The molecule has 1 aromatic carbocycles. The number of benzene rings is 1. The first-order chi connectivity index (χ1) is 9.24. The molecule has 108 valence electrons. The number of halogens is 1. The maximum Gasteiger partial charge on any atom is 0.319 e. The molecule has 0 aliphatic carbocycles. The SMILES string of the molecule is CC(C)(SCC(=O)NC(=O)c1ccccc1Cl)C(=O)O. The molecule has 0 unspecified atom stereocenters. The summed E-state index contributed by atoms with van der Waals surface area (Å²) < 4.78 is -1.09. The third-order valence-electron chi connectivity index (χ3n) is 2.45. The Labute approximate surface area is 125 Å². The van der Waals surface area contributed by atoms with E-state index in [1.807, 2.05) is 0 Å². The Hall–Kier alpha value is -1.53. The third-order valence-corrected chi connectivity index (χ3v) is 4.08. The predicted octanol–water partition coefficient (Wildman–Crippen LogP) is 2.19. The maximum absolute atomic E-state index is 11.8. The lowest BCUT2D eigenvalue weighted by Crippen LogP contribution is -2.35. The highest BCUT2D eigenvalue weighted by Crippen LogP contribution is 2.24. The number of imide groups is 1. The van der Waals surface area contributed by atoms with E-state index in [0.29, 0.717) is 0 Å². The van der Waals surface area contributed by atoms with Crippen LogP contribution < -0.4 is 5.32 Å². The summed E-state index contributed by atoms with van der Waals surface area (Å²) in [7, 11) is 0. The highest BCUT2D eigenvalue weighted by Gasteiger charge is 2.28. The summed E-state index contributed by atoms with van der Waals surface area (Å²) >= 11 is 6.78. The first-order valence-electron chi connectivity index (χ1n) is 5.70. The van der Waals surface area contributed by atoms with Crippen LogP contribution >= 0.6 is 23.4 Å². The summed E-state index contributed by atoms with van der Waals surface area (Å²) in [4.78, 5) is 34.3. The number of carbonyl (C=O) groups is 3. The van der Waals surface area contributed by atoms with Gasteiger partial charge >= 0.3 is 5.97 Å². The fourth-order valence-electron chi connectivity index (χ4n) is 1.18. The van der Waals surface area contributed by atoms with E-state index in [1.54, 1.807) is 18.2 Å². The minimum Gasteiger partial charge on any atom is -0.480 e. The summed E-state index contributed by atoms with van der Waals surface area (Å²) in [6.45, 7) is 2.98. The Morgan fingerprint density at radius 3 is 2.45 bits per heavy atom. The second-order valence-corrected chi connectivity index (χ2v) is 6.47. The van der Waals surface area contributed by atoms with Gasteiger partial charge in [0.15, 0.2) is 0 Å². The lowest BCUT2D eigenvalue weighted by atomic mass is 10.2. The fourth-order valence-corrected chi connectivity index (χ4v) is 2.09. The number of carbonyl (C=O) groups excluding carboxylic acids is 2. The molecule has 0 aliphatic heterocycles. The average molecular weight is 316 g/mol. The molecule has 0 aromatic heterocycles. The molecule has 0 spiro atoms. The minimum atomic E-state index is -1.09. The molecule has 1 aromatic rings. The van der Waals surface area contributed by atoms with Gasteiger partial charge in [-0.3, -0.25) is 19.7 Å². The molecule has 0 atom stereocenters. The molecule has 2 amide bonds. The predicted molar refractivity (Wildman–Crippen MR) is 78.1 cm³/mol. The van der Waals surface area contributed by atoms with E-state index in [4.69, 9.17) is 16.7 Å². The van der Waals surface area contributed by atoms with Crippen LogP contribution in [-0.4, -0.2) is 33.4 Å². The van der Waals surface area contributed by atoms with Crippen LogP contribution in [0.25, 0.3) is 0 Å². The largest absolute Gasteiger partial charge is 0.480 e. The second kappa shape index (κ2) is 6.76. The lowest BCUT2D eigenvalue weighted by molar-refractivity contribution is -0.138. The van der Waals surface area contributed by atoms with Gasteiger partial charge in [0.2, 0.25) is 5.91 Å². The molecular weight excluding hydrogens is 302 g/mol. The Kier molecular flexibility index (Phi) is 5.59. The van der Waals surface area contributed by atoms with Crippen LogP contribution in [0.1, 0.15) is 24.2 Å². The van der Waals surface area contributed by atoms with Crippen LogP contribution in [0.15, 0.2) is 24.3 Å². The van der Waals surface area contributed by atoms with Crippen molar-refractivity contribution in [3.63, 3.8) is 0 Å². The Balaban J connectivity index is 2.58. The quantitative estimate of drug-likeness (QED) is 0.870. The number of carboxylic acids is 1. The van der Waals surface area contributed by atoms with Gasteiger partial charge in [0.25, 0.3) is 5.91 Å². The molecule has 0 fully saturated rings. The Morgan fingerprint density at radius 2 is 1.90 bits per heavy atom. The zero-order valence-electron chi connectivity index (χ0n) is 11.0. The zero-order chi connectivity index (χ0) is 15.3. The molecule has 0 heterocycles. The second-order valence-electron chi connectivity index (χ2n) is 4.46. The molecule has 0 saturated heterocycles. The summed E-state index contributed by atoms with van der Waals surface area (Å²) in [5, 5.41) is 11.3. The highest BCUT2D eigenvalue weighted by molar-refractivity contribution is 8.01. The van der Waals surface area contributed by atoms with Gasteiger partial charge in [0.05, 0.1) is 16.3 Å². The van der Waals surface area contributed by atoms with Crippen molar-refractivity contribution < 1.29 is 19.5 Å². The van der Waals surface area contributed by atoms with Crippen LogP contribution in [0.4, 0.5) is 0 Å². The van der Waals surface area contributed by atoms with Gasteiger partial charge in [-0.1, -0.05) is 23.7 Å². The van der Waals surface area contributed by atoms with Crippen molar-refractivity contribution in [1.29, 1.82) is 0 Å². The number of hydrogen-bond acceptors (Lipinski definition) is 4. The van der Waals surface area contributed by atoms with Crippen molar-refractivity contribution in [2.75, 3.05) is 5.75 Å². The first-order valence-corrected chi connectivity index (χ1v) is 7.06. The van der Waals surface area contributed by atoms with E-state index in [9.17, 15) is 14.4 Å². The van der Waals surface area contributed by atoms with Gasteiger partial charge in [-0.2, -0.15) is 0 Å². The van der Waals surface area contributed by atoms with Crippen molar-refractivity contribution in [2.24, 2.45) is 0 Å². The normalized spacial score (nSPS) is 10.9. The van der Waals surface area contributed by atoms with Gasteiger partial charge in [-0.05, 0) is 26.0 Å². The summed E-state index contributed by atoms with van der Waals surface area (Å²) in [6.07, 6.45) is 0. The van der Waals surface area contributed by atoms with Crippen molar-refractivity contribution >= 4 is 41.1 Å². The average Bonchev–Trinajstić information content (AvgIpc) is 2.36. The molecular formula is C13H14ClNO4S. The first kappa shape index (κ1) is 16.5. The van der Waals surface area contributed by atoms with E-state index in [1.165, 1.54) is 19.9 Å². The van der Waals surface area contributed by atoms with Crippen LogP contribution in [0.5, 0.6) is 0 Å². The van der Waals surface area contributed by atoms with Crippen molar-refractivity contribution in [2.45, 2.75) is 18.6 Å². The van der Waals surface area contributed by atoms with Crippen molar-refractivity contribution in [1.82, 2.24) is 5.32 Å². The number of rotatable bonds is 5. The van der Waals surface area contributed by atoms with E-state index >= 15 is 0 Å². The van der Waals surface area contributed by atoms with Gasteiger partial charge in [-0.25, -0.2) is 0 Å². The molecule has 2 N–H and O–H groups in total. The highest BCUT2D eigenvalue weighted by atomic mass is 35.5. The zero-order valence-corrected chi connectivity index (χ0v) is 12.5. The Bertz CT molecular complexity index is 545. The summed E-state index contributed by atoms with van der Waals surface area (Å²) in [5.74, 6) is -2.31. The van der Waals surface area contributed by atoms with E-state index in [-0.39, 0.29) is 16.3 Å². The number of carboxylic acid groups (broad SMARTS) is 1. The molecule has 0 bridgehead atoms. The van der Waals surface area contributed by atoms with E-state index in [2.05, 4.69) is 5.32 Å². The standard InChI is InChI=1S/C13H14ClNO4S/c1-13(2,12(18)19)20-7-10(16)15-11(17)8-5-3-4-6-9(8)14/h3-6H,7H2,1-2H3,(H,18,19)(H,15,16,17). The molecule has 0 radical (unpaired) electrons.